The summed E-state index contributed by atoms with van der Waals surface area (Å²) in [6.07, 6.45) is 0. The normalized spacial score (nSPS) is 14.2. The standard InChI is InChI=1S/C59H48BN2O2/c1-57(2,3)32-17-20-34(21-18-32)61-48-31-54-43(42-25-33(58(4,5)6)19-24-52(42)64-54)26-40(48)37-22-23-38-41-29-53-44(36-14-10-12-16-51(36)63-53)28-49(41)62-50-30-46-39(27-47(50)60-55(37)56(38)62)35-13-9-11-15-45(35)59(46,7)8/h9-31,61H,1-8H3. The number of nitrogens with zero attached hydrogens (tertiary/aromatic N) is 1. The molecule has 64 heavy (non-hydrogen) atoms. The molecule has 0 amide bonds. The molecule has 5 heteroatoms. The number of hydrogen-bond donors (Lipinski definition) is 1. The Morgan fingerprint density at radius 1 is 0.500 bits per heavy atom. The third-order valence-electron chi connectivity index (χ3n) is 14.5. The van der Waals surface area contributed by atoms with E-state index in [1.54, 1.807) is 0 Å². The molecule has 2 aliphatic rings. The Labute approximate surface area is 373 Å². The Hall–Kier alpha value is -6.98. The van der Waals surface area contributed by atoms with E-state index in [4.69, 9.17) is 8.83 Å². The van der Waals surface area contributed by atoms with Crippen molar-refractivity contribution < 1.29 is 8.83 Å². The highest BCUT2D eigenvalue weighted by Gasteiger charge is 2.38. The van der Waals surface area contributed by atoms with Gasteiger partial charge >= 0.3 is 0 Å². The summed E-state index contributed by atoms with van der Waals surface area (Å²) in [4.78, 5) is 0. The zero-order valence-electron chi connectivity index (χ0n) is 37.6. The van der Waals surface area contributed by atoms with Gasteiger partial charge in [0.15, 0.2) is 7.28 Å². The van der Waals surface area contributed by atoms with Crippen LogP contribution in [0.25, 0.3) is 93.6 Å². The highest BCUT2D eigenvalue weighted by atomic mass is 16.3. The third kappa shape index (κ3) is 5.24. The molecule has 0 saturated carbocycles. The first-order valence-corrected chi connectivity index (χ1v) is 22.7. The predicted octanol–water partition coefficient (Wildman–Crippen LogP) is 14.9. The smallest absolute Gasteiger partial charge is 0.197 e. The van der Waals surface area contributed by atoms with Gasteiger partial charge in [0.05, 0.1) is 11.2 Å². The van der Waals surface area contributed by atoms with Crippen LogP contribution in [0.5, 0.6) is 0 Å². The van der Waals surface area contributed by atoms with Crippen LogP contribution in [-0.2, 0) is 16.2 Å². The number of furan rings is 2. The fraction of sp³-hybridized carbons (Fsp3) is 0.186. The fourth-order valence-corrected chi connectivity index (χ4v) is 11.0. The van der Waals surface area contributed by atoms with Crippen molar-refractivity contribution in [3.8, 4) is 27.9 Å². The van der Waals surface area contributed by atoms with Crippen LogP contribution in [-0.4, -0.2) is 11.8 Å². The fourth-order valence-electron chi connectivity index (χ4n) is 11.0. The van der Waals surface area contributed by atoms with E-state index in [1.165, 1.54) is 71.8 Å². The molecular weight excluding hydrogens is 779 g/mol. The predicted molar refractivity (Wildman–Crippen MR) is 270 cm³/mol. The molecule has 11 aromatic rings. The monoisotopic (exact) mass is 827 g/mol. The molecule has 0 saturated heterocycles. The lowest BCUT2D eigenvalue weighted by molar-refractivity contribution is 0.590. The van der Waals surface area contributed by atoms with Crippen molar-refractivity contribution >= 4 is 95.3 Å². The summed E-state index contributed by atoms with van der Waals surface area (Å²) in [5.74, 6) is 0. The number of anilines is 2. The van der Waals surface area contributed by atoms with Gasteiger partial charge < -0.3 is 18.7 Å². The zero-order chi connectivity index (χ0) is 43.6. The van der Waals surface area contributed by atoms with Crippen molar-refractivity contribution in [1.29, 1.82) is 0 Å². The van der Waals surface area contributed by atoms with Gasteiger partial charge in [0.2, 0.25) is 0 Å². The number of aromatic nitrogens is 1. The van der Waals surface area contributed by atoms with Gasteiger partial charge in [-0.1, -0.05) is 140 Å². The van der Waals surface area contributed by atoms with Crippen molar-refractivity contribution in [1.82, 2.24) is 4.57 Å². The molecule has 8 aromatic carbocycles. The average molecular weight is 828 g/mol. The van der Waals surface area contributed by atoms with Crippen LogP contribution in [0.1, 0.15) is 77.6 Å². The highest BCUT2D eigenvalue weighted by molar-refractivity contribution is 6.73. The van der Waals surface area contributed by atoms with Gasteiger partial charge in [-0.15, -0.1) is 0 Å². The Kier molecular flexibility index (Phi) is 7.40. The summed E-state index contributed by atoms with van der Waals surface area (Å²) in [7, 11) is 2.46. The first kappa shape index (κ1) is 37.6. The van der Waals surface area contributed by atoms with Gasteiger partial charge in [-0.05, 0) is 110 Å². The maximum absolute atomic E-state index is 6.68. The minimum Gasteiger partial charge on any atom is -0.456 e. The van der Waals surface area contributed by atoms with E-state index >= 15 is 0 Å². The van der Waals surface area contributed by atoms with Crippen molar-refractivity contribution in [2.24, 2.45) is 0 Å². The van der Waals surface area contributed by atoms with Crippen LogP contribution >= 0.6 is 0 Å². The van der Waals surface area contributed by atoms with Crippen molar-refractivity contribution in [3.63, 3.8) is 0 Å². The Balaban J connectivity index is 1.11. The molecule has 0 fully saturated rings. The molecule has 309 valence electrons. The topological polar surface area (TPSA) is 43.2 Å². The summed E-state index contributed by atoms with van der Waals surface area (Å²) in [6, 6.07) is 51.8. The largest absolute Gasteiger partial charge is 0.456 e. The number of fused-ring (bicyclic) bond motifs is 14. The zero-order valence-corrected chi connectivity index (χ0v) is 37.6. The van der Waals surface area contributed by atoms with Crippen LogP contribution in [0, 0.1) is 0 Å². The summed E-state index contributed by atoms with van der Waals surface area (Å²) in [5.41, 5.74) is 21.8. The molecule has 0 bridgehead atoms. The molecule has 1 N–H and O–H groups in total. The van der Waals surface area contributed by atoms with Crippen LogP contribution < -0.4 is 16.2 Å². The minimum absolute atomic E-state index is 0.00444. The Morgan fingerprint density at radius 3 is 1.98 bits per heavy atom. The average Bonchev–Trinajstić information content (AvgIpc) is 3.98. The second-order valence-corrected chi connectivity index (χ2v) is 20.9. The van der Waals surface area contributed by atoms with Gasteiger partial charge in [0, 0.05) is 66.3 Å². The summed E-state index contributed by atoms with van der Waals surface area (Å²) < 4.78 is 15.8. The van der Waals surface area contributed by atoms with Crippen molar-refractivity contribution in [3.05, 3.63) is 162 Å². The first-order chi connectivity index (χ1) is 30.7. The molecule has 0 atom stereocenters. The maximum Gasteiger partial charge on any atom is 0.197 e. The van der Waals surface area contributed by atoms with E-state index in [-0.39, 0.29) is 16.2 Å². The number of hydrogen-bond acceptors (Lipinski definition) is 3. The molecule has 0 spiro atoms. The second-order valence-electron chi connectivity index (χ2n) is 20.9. The number of rotatable bonds is 3. The molecule has 0 unspecified atom stereocenters. The van der Waals surface area contributed by atoms with Crippen LogP contribution in [0.3, 0.4) is 0 Å². The van der Waals surface area contributed by atoms with Gasteiger partial charge in [-0.3, -0.25) is 0 Å². The molecular formula is C59H48BN2O2. The van der Waals surface area contributed by atoms with Crippen LogP contribution in [0.4, 0.5) is 11.4 Å². The summed E-state index contributed by atoms with van der Waals surface area (Å²) in [5, 5.41) is 10.8. The second kappa shape index (κ2) is 12.6. The van der Waals surface area contributed by atoms with Gasteiger partial charge in [0.25, 0.3) is 0 Å². The molecule has 3 aromatic heterocycles. The van der Waals surface area contributed by atoms with Crippen molar-refractivity contribution in [2.45, 2.75) is 71.6 Å². The lowest BCUT2D eigenvalue weighted by atomic mass is 9.58. The lowest BCUT2D eigenvalue weighted by Gasteiger charge is -2.27. The molecule has 1 radical (unpaired) electrons. The van der Waals surface area contributed by atoms with E-state index in [0.717, 1.165) is 66.4 Å². The quantitative estimate of drug-likeness (QED) is 0.180. The van der Waals surface area contributed by atoms with E-state index in [2.05, 4.69) is 212 Å². The lowest BCUT2D eigenvalue weighted by Crippen LogP contribution is -2.37. The number of benzene rings is 8. The summed E-state index contributed by atoms with van der Waals surface area (Å²) in [6.45, 7) is 18.4. The van der Waals surface area contributed by atoms with Crippen LogP contribution in [0.2, 0.25) is 0 Å². The minimum atomic E-state index is -0.138. The number of para-hydroxylation sites is 1. The molecule has 4 nitrogen and oxygen atoms in total. The Bertz CT molecular complexity index is 3820. The highest BCUT2D eigenvalue weighted by Crippen LogP contribution is 2.50. The molecule has 1 aliphatic carbocycles. The van der Waals surface area contributed by atoms with E-state index in [1.807, 2.05) is 0 Å². The number of nitrogens with one attached hydrogen (secondary N) is 1. The van der Waals surface area contributed by atoms with E-state index in [9.17, 15) is 0 Å². The van der Waals surface area contributed by atoms with E-state index < -0.39 is 0 Å². The molecule has 13 rings (SSSR count). The Morgan fingerprint density at radius 2 is 1.19 bits per heavy atom. The maximum atomic E-state index is 6.68. The van der Waals surface area contributed by atoms with E-state index in [0.29, 0.717) is 0 Å². The molecule has 1 aliphatic heterocycles. The van der Waals surface area contributed by atoms with Crippen molar-refractivity contribution in [2.75, 3.05) is 5.32 Å². The molecule has 4 heterocycles. The van der Waals surface area contributed by atoms with Gasteiger partial charge in [-0.2, -0.15) is 0 Å². The third-order valence-corrected chi connectivity index (χ3v) is 14.5. The SMILES string of the molecule is CC(C)(C)c1ccc(Nc2cc3oc4ccc(C(C)(C)C)cc4c3cc2-c2ccc3c4cc5oc6ccccc6c5cc4n4c3c2[B]c2cc3c(cc2-4)C(C)(C)c2ccccc2-3)cc1. The summed E-state index contributed by atoms with van der Waals surface area (Å²) >= 11 is 0. The van der Waals surface area contributed by atoms with Gasteiger partial charge in [0.1, 0.15) is 22.3 Å². The van der Waals surface area contributed by atoms with Crippen LogP contribution in [0.15, 0.2) is 148 Å². The van der Waals surface area contributed by atoms with Gasteiger partial charge in [-0.25, -0.2) is 0 Å². The first-order valence-electron chi connectivity index (χ1n) is 22.7.